The third kappa shape index (κ3) is 5.57. The first-order valence-electron chi connectivity index (χ1n) is 10.9. The van der Waals surface area contributed by atoms with E-state index in [-0.39, 0.29) is 5.91 Å². The predicted octanol–water partition coefficient (Wildman–Crippen LogP) is 2.09. The molecule has 0 bridgehead atoms. The number of nitrogens with one attached hydrogen (secondary N) is 1. The Kier molecular flexibility index (Phi) is 6.71. The van der Waals surface area contributed by atoms with Crippen LogP contribution in [0.2, 0.25) is 0 Å². The number of nitrogens with two attached hydrogens (primary N) is 2. The first kappa shape index (κ1) is 22.5. The molecule has 0 aliphatic carbocycles. The molecule has 2 aromatic heterocycles. The van der Waals surface area contributed by atoms with E-state index in [0.717, 1.165) is 54.8 Å². The number of likely N-dealkylation sites (N-methyl/N-ethyl adjacent to an activating group) is 1. The van der Waals surface area contributed by atoms with Gasteiger partial charge in [-0.25, -0.2) is 15.8 Å². The number of hydrogen-bond donors (Lipinski definition) is 3. The fourth-order valence-electron chi connectivity index (χ4n) is 3.88. The van der Waals surface area contributed by atoms with E-state index >= 15 is 0 Å². The molecule has 1 saturated heterocycles. The number of carbonyl (C=O) groups is 1. The minimum atomic E-state index is -0.224. The van der Waals surface area contributed by atoms with Gasteiger partial charge in [0.15, 0.2) is 0 Å². The molecule has 1 amide bonds. The second-order valence-electron chi connectivity index (χ2n) is 8.38. The molecule has 172 valence electrons. The summed E-state index contributed by atoms with van der Waals surface area (Å²) >= 11 is 0. The summed E-state index contributed by atoms with van der Waals surface area (Å²) in [5.41, 5.74) is 8.05. The highest BCUT2D eigenvalue weighted by Gasteiger charge is 2.16. The maximum atomic E-state index is 12.9. The van der Waals surface area contributed by atoms with Crippen molar-refractivity contribution in [2.75, 3.05) is 50.5 Å². The number of anilines is 2. The normalized spacial score (nSPS) is 15.4. The Bertz CT molecular complexity index is 1180. The Morgan fingerprint density at radius 2 is 1.91 bits per heavy atom. The molecule has 0 radical (unpaired) electrons. The van der Waals surface area contributed by atoms with Crippen LogP contribution < -0.4 is 21.8 Å². The topological polar surface area (TPSA) is 117 Å². The summed E-state index contributed by atoms with van der Waals surface area (Å²) < 4.78 is 0. The molecular weight excluding hydrogens is 416 g/mol. The monoisotopic (exact) mass is 446 g/mol. The average Bonchev–Trinajstić information content (AvgIpc) is 3.02. The van der Waals surface area contributed by atoms with E-state index in [9.17, 15) is 4.79 Å². The Balaban J connectivity index is 1.52. The van der Waals surface area contributed by atoms with Gasteiger partial charge in [-0.2, -0.15) is 0 Å². The number of pyridine rings is 2. The van der Waals surface area contributed by atoms with Crippen molar-refractivity contribution in [1.29, 1.82) is 0 Å². The van der Waals surface area contributed by atoms with Crippen LogP contribution in [-0.2, 0) is 0 Å². The van der Waals surface area contributed by atoms with E-state index in [2.05, 4.69) is 32.1 Å². The lowest BCUT2D eigenvalue weighted by Crippen LogP contribution is -2.29. The third-order valence-electron chi connectivity index (χ3n) is 5.69. The van der Waals surface area contributed by atoms with Crippen molar-refractivity contribution in [3.05, 3.63) is 66.1 Å². The van der Waals surface area contributed by atoms with Gasteiger partial charge in [-0.15, -0.1) is 0 Å². The second-order valence-corrected chi connectivity index (χ2v) is 8.38. The van der Waals surface area contributed by atoms with Gasteiger partial charge in [-0.1, -0.05) is 12.1 Å². The molecule has 1 aliphatic rings. The molecule has 1 aromatic carbocycles. The highest BCUT2D eigenvalue weighted by Crippen LogP contribution is 2.22. The lowest BCUT2D eigenvalue weighted by molar-refractivity contribution is 0.102. The molecule has 1 fully saturated rings. The molecule has 0 saturated carbocycles. The van der Waals surface area contributed by atoms with Crippen molar-refractivity contribution < 1.29 is 4.79 Å². The maximum absolute atomic E-state index is 12.9. The van der Waals surface area contributed by atoms with Crippen molar-refractivity contribution in [3.63, 3.8) is 0 Å². The summed E-state index contributed by atoms with van der Waals surface area (Å²) in [6.07, 6.45) is 6.13. The number of aromatic nitrogens is 2. The molecule has 9 heteroatoms. The van der Waals surface area contributed by atoms with Gasteiger partial charge >= 0.3 is 0 Å². The van der Waals surface area contributed by atoms with Crippen LogP contribution >= 0.6 is 0 Å². The summed E-state index contributed by atoms with van der Waals surface area (Å²) in [6.45, 7) is 3.86. The zero-order chi connectivity index (χ0) is 23.4. The van der Waals surface area contributed by atoms with Crippen molar-refractivity contribution in [1.82, 2.24) is 19.9 Å². The number of carbonyl (C=O) groups excluding carboxylic acids is 1. The molecule has 0 unspecified atom stereocenters. The van der Waals surface area contributed by atoms with E-state index < -0.39 is 0 Å². The summed E-state index contributed by atoms with van der Waals surface area (Å²) in [5, 5.41) is 6.17. The van der Waals surface area contributed by atoms with Crippen molar-refractivity contribution in [3.8, 4) is 0 Å². The van der Waals surface area contributed by atoms with E-state index in [0.29, 0.717) is 17.1 Å². The van der Waals surface area contributed by atoms with Crippen LogP contribution in [0.5, 0.6) is 0 Å². The first-order valence-corrected chi connectivity index (χ1v) is 10.9. The van der Waals surface area contributed by atoms with Crippen LogP contribution in [0.4, 0.5) is 11.6 Å². The number of benzene rings is 1. The predicted molar refractivity (Wildman–Crippen MR) is 132 cm³/mol. The number of amides is 1. The second kappa shape index (κ2) is 9.85. The van der Waals surface area contributed by atoms with Gasteiger partial charge < -0.3 is 25.9 Å². The lowest BCUT2D eigenvalue weighted by Gasteiger charge is -2.21. The SMILES string of the molecule is CN(N)/C=C(\N)c1ccc2cnc(NC(=O)c3ccnc(N4CCCN(C)CC4)c3)cc2c1. The van der Waals surface area contributed by atoms with E-state index in [1.54, 1.807) is 31.7 Å². The zero-order valence-electron chi connectivity index (χ0n) is 19.0. The van der Waals surface area contributed by atoms with Crippen LogP contribution in [-0.4, -0.2) is 66.1 Å². The van der Waals surface area contributed by atoms with Crippen LogP contribution in [0.3, 0.4) is 0 Å². The molecule has 33 heavy (non-hydrogen) atoms. The van der Waals surface area contributed by atoms with Gasteiger partial charge in [0.1, 0.15) is 11.6 Å². The summed E-state index contributed by atoms with van der Waals surface area (Å²) in [7, 11) is 3.84. The van der Waals surface area contributed by atoms with Gasteiger partial charge in [0, 0.05) is 56.2 Å². The smallest absolute Gasteiger partial charge is 0.257 e. The van der Waals surface area contributed by atoms with Gasteiger partial charge in [0.05, 0.1) is 5.70 Å². The first-order chi connectivity index (χ1) is 15.9. The fraction of sp³-hybridized carbons (Fsp3) is 0.292. The molecule has 3 aromatic rings. The Morgan fingerprint density at radius 3 is 2.73 bits per heavy atom. The highest BCUT2D eigenvalue weighted by molar-refractivity contribution is 6.05. The minimum Gasteiger partial charge on any atom is -0.397 e. The maximum Gasteiger partial charge on any atom is 0.257 e. The summed E-state index contributed by atoms with van der Waals surface area (Å²) in [5.74, 6) is 6.73. The molecule has 1 aliphatic heterocycles. The molecule has 0 atom stereocenters. The van der Waals surface area contributed by atoms with Crippen LogP contribution in [0.1, 0.15) is 22.3 Å². The van der Waals surface area contributed by atoms with Gasteiger partial charge in [-0.3, -0.25) is 4.79 Å². The van der Waals surface area contributed by atoms with Gasteiger partial charge in [0.25, 0.3) is 5.91 Å². The largest absolute Gasteiger partial charge is 0.397 e. The van der Waals surface area contributed by atoms with Crippen LogP contribution in [0.25, 0.3) is 16.5 Å². The number of nitrogens with zero attached hydrogens (tertiary/aromatic N) is 5. The van der Waals surface area contributed by atoms with E-state index in [4.69, 9.17) is 11.6 Å². The van der Waals surface area contributed by atoms with Gasteiger partial charge in [0.2, 0.25) is 0 Å². The number of hydrogen-bond acceptors (Lipinski definition) is 8. The fourth-order valence-corrected chi connectivity index (χ4v) is 3.88. The standard InChI is InChI=1S/C24H30N8O/c1-30-8-3-9-32(11-10-30)23-14-18(6-7-27-23)24(33)29-22-13-20-12-17(21(25)16-31(2)26)4-5-19(20)15-28-22/h4-7,12-16H,3,8-11,25-26H2,1-2H3,(H,28,29,33)/b21-16-. The molecule has 0 spiro atoms. The van der Waals surface area contributed by atoms with Gasteiger partial charge in [-0.05, 0) is 55.2 Å². The number of hydrazine groups is 1. The number of rotatable bonds is 5. The summed E-state index contributed by atoms with van der Waals surface area (Å²) in [4.78, 5) is 26.4. The molecule has 4 rings (SSSR count). The molecule has 3 heterocycles. The van der Waals surface area contributed by atoms with Crippen LogP contribution in [0, 0.1) is 0 Å². The average molecular weight is 447 g/mol. The van der Waals surface area contributed by atoms with Crippen molar-refractivity contribution in [2.24, 2.45) is 11.6 Å². The Hall–Kier alpha value is -3.69. The molecule has 9 nitrogen and oxygen atoms in total. The molecular formula is C24H30N8O. The quantitative estimate of drug-likeness (QED) is 0.403. The van der Waals surface area contributed by atoms with Crippen LogP contribution in [0.15, 0.2) is 55.0 Å². The molecule has 5 N–H and O–H groups in total. The number of fused-ring (bicyclic) bond motifs is 1. The van der Waals surface area contributed by atoms with E-state index in [1.165, 1.54) is 5.01 Å². The Labute approximate surface area is 193 Å². The Morgan fingerprint density at radius 1 is 1.06 bits per heavy atom. The van der Waals surface area contributed by atoms with Crippen molar-refractivity contribution >= 4 is 34.0 Å². The van der Waals surface area contributed by atoms with E-state index in [1.807, 2.05) is 30.3 Å². The summed E-state index contributed by atoms with van der Waals surface area (Å²) in [6, 6.07) is 11.2. The zero-order valence-corrected chi connectivity index (χ0v) is 19.0. The van der Waals surface area contributed by atoms with Crippen molar-refractivity contribution in [2.45, 2.75) is 6.42 Å². The minimum absolute atomic E-state index is 0.224. The lowest BCUT2D eigenvalue weighted by atomic mass is 10.1. The third-order valence-corrected chi connectivity index (χ3v) is 5.69. The highest BCUT2D eigenvalue weighted by atomic mass is 16.1.